The second kappa shape index (κ2) is 4.79. The zero-order chi connectivity index (χ0) is 12.3. The molecule has 0 spiro atoms. The van der Waals surface area contributed by atoms with Gasteiger partial charge in [-0.25, -0.2) is 0 Å². The maximum atomic E-state index is 12.1. The third-order valence-corrected chi connectivity index (χ3v) is 3.41. The molecule has 1 aliphatic rings. The molecular formula is C12H18N4O. The standard InChI is InChI=1S/C12H18N4O/c1-9-5-12(6-9,8-13)11(17)14-7-10-3-2-4-15-16-10/h2-4,9H,5-8,13H2,1H3,(H,14,17). The minimum atomic E-state index is -0.346. The van der Waals surface area contributed by atoms with Crippen LogP contribution in [0.2, 0.25) is 0 Å². The van der Waals surface area contributed by atoms with Gasteiger partial charge in [0.05, 0.1) is 17.7 Å². The van der Waals surface area contributed by atoms with Gasteiger partial charge in [-0.15, -0.1) is 0 Å². The van der Waals surface area contributed by atoms with Gasteiger partial charge in [0.25, 0.3) is 0 Å². The van der Waals surface area contributed by atoms with Gasteiger partial charge in [0.2, 0.25) is 5.91 Å². The number of hydrogen-bond donors (Lipinski definition) is 2. The number of nitrogens with one attached hydrogen (secondary N) is 1. The van der Waals surface area contributed by atoms with Crippen molar-refractivity contribution in [3.05, 3.63) is 24.0 Å². The van der Waals surface area contributed by atoms with Crippen molar-refractivity contribution in [1.82, 2.24) is 15.5 Å². The molecule has 3 N–H and O–H groups in total. The molecule has 0 bridgehead atoms. The SMILES string of the molecule is CC1CC(CN)(C(=O)NCc2cccnn2)C1. The van der Waals surface area contributed by atoms with E-state index >= 15 is 0 Å². The molecule has 1 amide bonds. The predicted molar refractivity (Wildman–Crippen MR) is 63.8 cm³/mol. The first-order valence-corrected chi connectivity index (χ1v) is 5.91. The van der Waals surface area contributed by atoms with Crippen LogP contribution in [0.4, 0.5) is 0 Å². The number of aromatic nitrogens is 2. The van der Waals surface area contributed by atoms with E-state index in [1.54, 1.807) is 12.3 Å². The summed E-state index contributed by atoms with van der Waals surface area (Å²) in [5, 5.41) is 10.6. The van der Waals surface area contributed by atoms with Gasteiger partial charge < -0.3 is 11.1 Å². The van der Waals surface area contributed by atoms with E-state index in [4.69, 9.17) is 5.73 Å². The van der Waals surface area contributed by atoms with Gasteiger partial charge in [-0.05, 0) is 30.9 Å². The van der Waals surface area contributed by atoms with Gasteiger partial charge >= 0.3 is 0 Å². The van der Waals surface area contributed by atoms with Gasteiger partial charge in [0.1, 0.15) is 0 Å². The van der Waals surface area contributed by atoms with Crippen LogP contribution in [-0.2, 0) is 11.3 Å². The van der Waals surface area contributed by atoms with Crippen molar-refractivity contribution in [2.75, 3.05) is 6.54 Å². The normalized spacial score (nSPS) is 27.3. The average molecular weight is 234 g/mol. The monoisotopic (exact) mass is 234 g/mol. The maximum absolute atomic E-state index is 12.1. The highest BCUT2D eigenvalue weighted by molar-refractivity contribution is 5.83. The predicted octanol–water partition coefficient (Wildman–Crippen LogP) is 0.468. The highest BCUT2D eigenvalue weighted by Crippen LogP contribution is 2.44. The van der Waals surface area contributed by atoms with E-state index in [9.17, 15) is 4.79 Å². The summed E-state index contributed by atoms with van der Waals surface area (Å²) in [5.74, 6) is 0.643. The Hall–Kier alpha value is -1.49. The van der Waals surface area contributed by atoms with Crippen LogP contribution in [0.25, 0.3) is 0 Å². The van der Waals surface area contributed by atoms with Gasteiger partial charge in [0.15, 0.2) is 0 Å². The zero-order valence-electron chi connectivity index (χ0n) is 10.0. The first-order valence-electron chi connectivity index (χ1n) is 5.91. The third-order valence-electron chi connectivity index (χ3n) is 3.41. The lowest BCUT2D eigenvalue weighted by molar-refractivity contribution is -0.138. The summed E-state index contributed by atoms with van der Waals surface area (Å²) in [6, 6.07) is 3.64. The number of rotatable bonds is 4. The molecule has 1 saturated carbocycles. The Morgan fingerprint density at radius 3 is 2.94 bits per heavy atom. The zero-order valence-corrected chi connectivity index (χ0v) is 10.0. The first kappa shape index (κ1) is 12.0. The summed E-state index contributed by atoms with van der Waals surface area (Å²) in [4.78, 5) is 12.1. The Labute approximate surface area is 101 Å². The minimum Gasteiger partial charge on any atom is -0.350 e. The number of carbonyl (C=O) groups excluding carboxylic acids is 1. The summed E-state index contributed by atoms with van der Waals surface area (Å²) >= 11 is 0. The Bertz CT molecular complexity index is 387. The van der Waals surface area contributed by atoms with Crippen molar-refractivity contribution >= 4 is 5.91 Å². The van der Waals surface area contributed by atoms with Crippen LogP contribution in [-0.4, -0.2) is 22.6 Å². The summed E-state index contributed by atoms with van der Waals surface area (Å²) in [7, 11) is 0. The van der Waals surface area contributed by atoms with Gasteiger partial charge in [-0.3, -0.25) is 4.79 Å². The summed E-state index contributed by atoms with van der Waals surface area (Å²) in [6.45, 7) is 2.98. The van der Waals surface area contributed by atoms with Crippen LogP contribution < -0.4 is 11.1 Å². The fraction of sp³-hybridized carbons (Fsp3) is 0.583. The Kier molecular flexibility index (Phi) is 3.38. The third kappa shape index (κ3) is 2.44. The van der Waals surface area contributed by atoms with Crippen molar-refractivity contribution in [3.8, 4) is 0 Å². The first-order chi connectivity index (χ1) is 8.16. The number of nitrogens with zero attached hydrogens (tertiary/aromatic N) is 2. The van der Waals surface area contributed by atoms with Crippen molar-refractivity contribution in [1.29, 1.82) is 0 Å². The van der Waals surface area contributed by atoms with Crippen LogP contribution in [0, 0.1) is 11.3 Å². The Balaban J connectivity index is 1.89. The topological polar surface area (TPSA) is 80.9 Å². The second-order valence-electron chi connectivity index (χ2n) is 4.90. The van der Waals surface area contributed by atoms with E-state index in [0.29, 0.717) is 19.0 Å². The van der Waals surface area contributed by atoms with Crippen molar-refractivity contribution in [2.45, 2.75) is 26.3 Å². The van der Waals surface area contributed by atoms with E-state index < -0.39 is 0 Å². The molecule has 17 heavy (non-hydrogen) atoms. The molecule has 0 radical (unpaired) electrons. The molecular weight excluding hydrogens is 216 g/mol. The minimum absolute atomic E-state index is 0.0451. The molecule has 2 rings (SSSR count). The molecule has 0 unspecified atom stereocenters. The highest BCUT2D eigenvalue weighted by atomic mass is 16.2. The van der Waals surface area contributed by atoms with Crippen LogP contribution in [0.15, 0.2) is 18.3 Å². The summed E-state index contributed by atoms with van der Waals surface area (Å²) < 4.78 is 0. The molecule has 92 valence electrons. The van der Waals surface area contributed by atoms with Crippen molar-refractivity contribution in [2.24, 2.45) is 17.1 Å². The smallest absolute Gasteiger partial charge is 0.227 e. The number of amides is 1. The quantitative estimate of drug-likeness (QED) is 0.793. The lowest BCUT2D eigenvalue weighted by Gasteiger charge is -2.44. The molecule has 5 nitrogen and oxygen atoms in total. The maximum Gasteiger partial charge on any atom is 0.227 e. The average Bonchev–Trinajstić information content (AvgIpc) is 2.33. The molecule has 1 aromatic rings. The summed E-state index contributed by atoms with van der Waals surface area (Å²) in [5.41, 5.74) is 6.13. The molecule has 1 aliphatic carbocycles. The lowest BCUT2D eigenvalue weighted by Crippen LogP contribution is -2.53. The van der Waals surface area contributed by atoms with Gasteiger partial charge in [-0.1, -0.05) is 6.92 Å². The van der Waals surface area contributed by atoms with E-state index in [1.807, 2.05) is 6.07 Å². The molecule has 1 aromatic heterocycles. The van der Waals surface area contributed by atoms with E-state index in [1.165, 1.54) is 0 Å². The molecule has 1 fully saturated rings. The highest BCUT2D eigenvalue weighted by Gasteiger charge is 2.46. The Morgan fingerprint density at radius 2 is 2.41 bits per heavy atom. The van der Waals surface area contributed by atoms with E-state index in [0.717, 1.165) is 18.5 Å². The fourth-order valence-electron chi connectivity index (χ4n) is 2.51. The Morgan fingerprint density at radius 1 is 1.65 bits per heavy atom. The van der Waals surface area contributed by atoms with E-state index in [-0.39, 0.29) is 11.3 Å². The molecule has 5 heteroatoms. The van der Waals surface area contributed by atoms with Crippen LogP contribution in [0.1, 0.15) is 25.5 Å². The molecule has 0 aromatic carbocycles. The molecule has 0 atom stereocenters. The molecule has 1 heterocycles. The van der Waals surface area contributed by atoms with Crippen molar-refractivity contribution in [3.63, 3.8) is 0 Å². The molecule has 0 aliphatic heterocycles. The van der Waals surface area contributed by atoms with E-state index in [2.05, 4.69) is 22.4 Å². The van der Waals surface area contributed by atoms with Crippen LogP contribution >= 0.6 is 0 Å². The van der Waals surface area contributed by atoms with Crippen LogP contribution in [0.5, 0.6) is 0 Å². The van der Waals surface area contributed by atoms with Crippen molar-refractivity contribution < 1.29 is 4.79 Å². The summed E-state index contributed by atoms with van der Waals surface area (Å²) in [6.07, 6.45) is 3.38. The van der Waals surface area contributed by atoms with Gasteiger partial charge in [0, 0.05) is 12.7 Å². The molecule has 0 saturated heterocycles. The number of hydrogen-bond acceptors (Lipinski definition) is 4. The van der Waals surface area contributed by atoms with Crippen LogP contribution in [0.3, 0.4) is 0 Å². The van der Waals surface area contributed by atoms with Gasteiger partial charge in [-0.2, -0.15) is 10.2 Å². The second-order valence-corrected chi connectivity index (χ2v) is 4.90. The lowest BCUT2D eigenvalue weighted by atomic mass is 9.62. The number of nitrogens with two attached hydrogens (primary N) is 1. The largest absolute Gasteiger partial charge is 0.350 e. The number of carbonyl (C=O) groups is 1. The fourth-order valence-corrected chi connectivity index (χ4v) is 2.51.